The molecule has 25 heavy (non-hydrogen) atoms. The van der Waals surface area contributed by atoms with E-state index in [0.717, 1.165) is 19.4 Å². The van der Waals surface area contributed by atoms with Crippen molar-refractivity contribution in [3.05, 3.63) is 48.3 Å². The normalized spacial score (nSPS) is 16.4. The lowest BCUT2D eigenvalue weighted by molar-refractivity contribution is 0.0679. The van der Waals surface area contributed by atoms with E-state index >= 15 is 0 Å². The second-order valence-electron chi connectivity index (χ2n) is 5.73. The summed E-state index contributed by atoms with van der Waals surface area (Å²) in [5.74, 6) is 1.08. The molecule has 0 spiro atoms. The third kappa shape index (κ3) is 5.42. The van der Waals surface area contributed by atoms with Crippen molar-refractivity contribution in [3.63, 3.8) is 0 Å². The molecule has 2 heterocycles. The van der Waals surface area contributed by atoms with E-state index in [1.807, 2.05) is 12.1 Å². The van der Waals surface area contributed by atoms with Gasteiger partial charge in [0.15, 0.2) is 0 Å². The predicted octanol–water partition coefficient (Wildman–Crippen LogP) is 1.88. The van der Waals surface area contributed by atoms with E-state index in [4.69, 9.17) is 9.47 Å². The van der Waals surface area contributed by atoms with Gasteiger partial charge in [-0.3, -0.25) is 4.79 Å². The number of hydrogen-bond donors (Lipinski definition) is 2. The summed E-state index contributed by atoms with van der Waals surface area (Å²) in [7, 11) is 0. The van der Waals surface area contributed by atoms with Crippen LogP contribution in [0.1, 0.15) is 23.2 Å². The average Bonchev–Trinajstić information content (AvgIpc) is 3.18. The van der Waals surface area contributed by atoms with Crippen LogP contribution in [0.4, 0.5) is 5.95 Å². The third-order valence-electron chi connectivity index (χ3n) is 3.82. The van der Waals surface area contributed by atoms with Crippen LogP contribution in [0, 0.1) is 0 Å². The van der Waals surface area contributed by atoms with Crippen molar-refractivity contribution in [2.75, 3.05) is 31.6 Å². The minimum atomic E-state index is -0.140. The van der Waals surface area contributed by atoms with Crippen LogP contribution in [-0.2, 0) is 4.74 Å². The largest absolute Gasteiger partial charge is 0.491 e. The third-order valence-corrected chi connectivity index (χ3v) is 3.82. The lowest BCUT2D eigenvalue weighted by Crippen LogP contribution is -2.29. The molecule has 1 saturated heterocycles. The molecule has 0 aliphatic carbocycles. The summed E-state index contributed by atoms with van der Waals surface area (Å²) in [6.07, 6.45) is 5.59. The van der Waals surface area contributed by atoms with Gasteiger partial charge in [0.05, 0.1) is 6.10 Å². The van der Waals surface area contributed by atoms with E-state index < -0.39 is 0 Å². The van der Waals surface area contributed by atoms with Gasteiger partial charge in [-0.15, -0.1) is 0 Å². The first-order chi connectivity index (χ1) is 12.3. The Balaban J connectivity index is 1.42. The van der Waals surface area contributed by atoms with Gasteiger partial charge in [0, 0.05) is 37.7 Å². The predicted molar refractivity (Wildman–Crippen MR) is 93.8 cm³/mol. The number of anilines is 1. The zero-order valence-electron chi connectivity index (χ0n) is 14.0. The van der Waals surface area contributed by atoms with Gasteiger partial charge < -0.3 is 20.1 Å². The molecule has 1 atom stereocenters. The Labute approximate surface area is 146 Å². The number of ether oxygens (including phenoxy) is 2. The van der Waals surface area contributed by atoms with Crippen molar-refractivity contribution in [1.29, 1.82) is 0 Å². The van der Waals surface area contributed by atoms with Gasteiger partial charge in [0.25, 0.3) is 5.91 Å². The van der Waals surface area contributed by atoms with Crippen molar-refractivity contribution < 1.29 is 14.3 Å². The average molecular weight is 342 g/mol. The highest BCUT2D eigenvalue weighted by Crippen LogP contribution is 2.17. The molecule has 1 aromatic carbocycles. The fraction of sp³-hybridized carbons (Fsp3) is 0.389. The molecule has 7 nitrogen and oxygen atoms in total. The van der Waals surface area contributed by atoms with Gasteiger partial charge >= 0.3 is 0 Å². The van der Waals surface area contributed by atoms with Gasteiger partial charge in [-0.05, 0) is 37.1 Å². The first-order valence-corrected chi connectivity index (χ1v) is 8.45. The van der Waals surface area contributed by atoms with Crippen molar-refractivity contribution in [2.24, 2.45) is 0 Å². The Morgan fingerprint density at radius 2 is 2.12 bits per heavy atom. The highest BCUT2D eigenvalue weighted by molar-refractivity contribution is 5.94. The molecule has 0 saturated carbocycles. The maximum atomic E-state index is 12.2. The van der Waals surface area contributed by atoms with E-state index in [0.29, 0.717) is 37.0 Å². The highest BCUT2D eigenvalue weighted by Gasteiger charge is 2.16. The lowest BCUT2D eigenvalue weighted by Gasteiger charge is -2.12. The van der Waals surface area contributed by atoms with Crippen molar-refractivity contribution in [3.8, 4) is 5.75 Å². The van der Waals surface area contributed by atoms with E-state index in [2.05, 4.69) is 20.6 Å². The van der Waals surface area contributed by atoms with E-state index in [1.165, 1.54) is 0 Å². The molecule has 132 valence electrons. The van der Waals surface area contributed by atoms with E-state index in [9.17, 15) is 4.79 Å². The zero-order chi connectivity index (χ0) is 17.3. The van der Waals surface area contributed by atoms with Gasteiger partial charge in [0.1, 0.15) is 12.4 Å². The lowest BCUT2D eigenvalue weighted by atomic mass is 10.2. The van der Waals surface area contributed by atoms with Gasteiger partial charge in [-0.25, -0.2) is 9.97 Å². The number of hydrogen-bond acceptors (Lipinski definition) is 6. The molecule has 1 aliphatic heterocycles. The SMILES string of the molecule is O=C(NCCNc1ncccn1)c1cccc(OC[C@@H]2CCCO2)c1. The zero-order valence-corrected chi connectivity index (χ0v) is 14.0. The van der Waals surface area contributed by atoms with Crippen LogP contribution in [0.5, 0.6) is 5.75 Å². The van der Waals surface area contributed by atoms with Crippen LogP contribution in [0.25, 0.3) is 0 Å². The van der Waals surface area contributed by atoms with Crippen LogP contribution < -0.4 is 15.4 Å². The number of carbonyl (C=O) groups is 1. The maximum absolute atomic E-state index is 12.2. The summed E-state index contributed by atoms with van der Waals surface area (Å²) in [4.78, 5) is 20.3. The van der Waals surface area contributed by atoms with E-state index in [1.54, 1.807) is 30.6 Å². The molecular weight excluding hydrogens is 320 g/mol. The Hall–Kier alpha value is -2.67. The Morgan fingerprint density at radius 1 is 1.24 bits per heavy atom. The summed E-state index contributed by atoms with van der Waals surface area (Å²) in [5, 5.41) is 5.90. The number of amides is 1. The summed E-state index contributed by atoms with van der Waals surface area (Å²) in [5.41, 5.74) is 0.570. The van der Waals surface area contributed by atoms with Crippen molar-refractivity contribution in [2.45, 2.75) is 18.9 Å². The Kier molecular flexibility index (Phi) is 6.17. The molecule has 0 radical (unpaired) electrons. The summed E-state index contributed by atoms with van der Waals surface area (Å²) >= 11 is 0. The first kappa shape index (κ1) is 17.2. The van der Waals surface area contributed by atoms with Gasteiger partial charge in [0.2, 0.25) is 5.95 Å². The van der Waals surface area contributed by atoms with Crippen molar-refractivity contribution in [1.82, 2.24) is 15.3 Å². The molecule has 1 fully saturated rings. The molecule has 1 aliphatic rings. The molecule has 0 unspecified atom stereocenters. The van der Waals surface area contributed by atoms with Crippen LogP contribution in [-0.4, -0.2) is 48.3 Å². The summed E-state index contributed by atoms with van der Waals surface area (Å²) < 4.78 is 11.3. The molecular formula is C18H22N4O3. The monoisotopic (exact) mass is 342 g/mol. The second-order valence-corrected chi connectivity index (χ2v) is 5.73. The number of rotatable bonds is 8. The van der Waals surface area contributed by atoms with E-state index in [-0.39, 0.29) is 12.0 Å². The Bertz CT molecular complexity index is 675. The first-order valence-electron chi connectivity index (χ1n) is 8.45. The quantitative estimate of drug-likeness (QED) is 0.713. The molecule has 7 heteroatoms. The van der Waals surface area contributed by atoms with Crippen LogP contribution >= 0.6 is 0 Å². The molecule has 3 rings (SSSR count). The fourth-order valence-electron chi connectivity index (χ4n) is 2.53. The molecule has 1 amide bonds. The number of nitrogens with one attached hydrogen (secondary N) is 2. The summed E-state index contributed by atoms with van der Waals surface area (Å²) in [6.45, 7) is 2.34. The van der Waals surface area contributed by atoms with Gasteiger partial charge in [-0.2, -0.15) is 0 Å². The maximum Gasteiger partial charge on any atom is 0.251 e. The number of nitrogens with zero attached hydrogens (tertiary/aromatic N) is 2. The smallest absolute Gasteiger partial charge is 0.251 e. The molecule has 1 aromatic heterocycles. The topological polar surface area (TPSA) is 85.4 Å². The van der Waals surface area contributed by atoms with Gasteiger partial charge in [-0.1, -0.05) is 6.07 Å². The second kappa shape index (κ2) is 8.98. The molecule has 2 aromatic rings. The number of aromatic nitrogens is 2. The Morgan fingerprint density at radius 3 is 2.92 bits per heavy atom. The molecule has 2 N–H and O–H groups in total. The number of benzene rings is 1. The van der Waals surface area contributed by atoms with Crippen LogP contribution in [0.3, 0.4) is 0 Å². The molecule has 0 bridgehead atoms. The van der Waals surface area contributed by atoms with Crippen molar-refractivity contribution >= 4 is 11.9 Å². The fourth-order valence-corrected chi connectivity index (χ4v) is 2.53. The minimum absolute atomic E-state index is 0.140. The highest BCUT2D eigenvalue weighted by atomic mass is 16.5. The standard InChI is InChI=1S/C18H22N4O3/c23-17(19-9-10-22-18-20-7-3-8-21-18)14-4-1-5-15(12-14)25-13-16-6-2-11-24-16/h1,3-5,7-8,12,16H,2,6,9-11,13H2,(H,19,23)(H,20,21,22)/t16-/m0/s1. The minimum Gasteiger partial charge on any atom is -0.491 e. The van der Waals surface area contributed by atoms with Crippen LogP contribution in [0.15, 0.2) is 42.7 Å². The number of carbonyl (C=O) groups excluding carboxylic acids is 1. The van der Waals surface area contributed by atoms with Crippen LogP contribution in [0.2, 0.25) is 0 Å². The summed E-state index contributed by atoms with van der Waals surface area (Å²) in [6, 6.07) is 8.93.